The standard InChI is InChI=1S/C52H72Cl2O17/c1-13-30-23-27(7)34(55)19-17-16-18-31(24-65-51-45(64-12)42(60)44(29(9)66-51)68-49(63)35-33(15-3)36(53)39(57)37(54)38(35)56)48(62)67-32(14-2)21-20-26(6)22-28(8)43(30)69-50-41(59)40(58)46(52(10,11)71-50)70-47(61)25(4)5/h16-18,20,22-23,25,29,32,34,40-42,44-46,50-51,55-60H,13-15,19,21,24H2,1-12H3/b17-16+,26-20+,27-23+,28-22+,31-18+,43-30+/t29?,32-,34+,40-,41+,42?,44-,45?,46+,50-,51-/m1/s1. The highest BCUT2D eigenvalue weighted by Gasteiger charge is 2.53. The number of carbonyl (C=O) groups is 3. The quantitative estimate of drug-likeness (QED) is 0.0825. The molecular formula is C52H72Cl2O17. The van der Waals surface area contributed by atoms with E-state index in [1.165, 1.54) is 20.1 Å². The summed E-state index contributed by atoms with van der Waals surface area (Å²) < 4.78 is 47.6. The molecule has 3 unspecified atom stereocenters. The third kappa shape index (κ3) is 14.5. The second-order valence-corrected chi connectivity index (χ2v) is 19.5. The second kappa shape index (κ2) is 26.1. The number of allylic oxidation sites excluding steroid dienone is 7. The molecule has 0 spiro atoms. The van der Waals surface area contributed by atoms with E-state index in [1.54, 1.807) is 59.8 Å². The highest BCUT2D eigenvalue weighted by Crippen LogP contribution is 2.45. The van der Waals surface area contributed by atoms with Gasteiger partial charge in [-0.2, -0.15) is 0 Å². The van der Waals surface area contributed by atoms with Crippen LogP contribution in [-0.2, 0) is 53.9 Å². The molecule has 3 aliphatic rings. The number of esters is 3. The molecule has 2 saturated heterocycles. The van der Waals surface area contributed by atoms with Gasteiger partial charge in [-0.3, -0.25) is 4.79 Å². The lowest BCUT2D eigenvalue weighted by atomic mass is 9.89. The number of hydrogen-bond donors (Lipinski definition) is 6. The number of aliphatic hydroxyl groups is 4. The number of benzene rings is 1. The summed E-state index contributed by atoms with van der Waals surface area (Å²) in [6.45, 7) is 18.6. The summed E-state index contributed by atoms with van der Waals surface area (Å²) in [6.07, 6.45) is -2.06. The first-order valence-electron chi connectivity index (χ1n) is 23.9. The summed E-state index contributed by atoms with van der Waals surface area (Å²) in [6, 6.07) is 0. The number of carbonyl (C=O) groups excluding carboxylic acids is 3. The summed E-state index contributed by atoms with van der Waals surface area (Å²) >= 11 is 12.3. The molecule has 17 nitrogen and oxygen atoms in total. The van der Waals surface area contributed by atoms with Crippen molar-refractivity contribution in [2.75, 3.05) is 13.7 Å². The molecule has 6 N–H and O–H groups in total. The van der Waals surface area contributed by atoms with Crippen LogP contribution >= 0.6 is 23.2 Å². The SMILES string of the molecule is CCC1=C(O[C@@H]2OC(C)(C)[C@@H](OC(=O)C(C)C)[C@H](O)[C@@H]2O)/C(C)=C/C(C)=C/C[C@@H](CC)OC(=O)/C(CO[C@@H]2OC(C)[C@@H](OC(=O)c3c(O)c(Cl)c(O)c(Cl)c3CC)C(O)C2OC)=C/C=C/C[C@H](O)\C(C)=C\1. The van der Waals surface area contributed by atoms with Crippen molar-refractivity contribution in [3.05, 3.63) is 91.3 Å². The van der Waals surface area contributed by atoms with Crippen LogP contribution in [0.2, 0.25) is 10.0 Å². The van der Waals surface area contributed by atoms with Crippen LogP contribution in [-0.4, -0.2) is 135 Å². The van der Waals surface area contributed by atoms with Gasteiger partial charge in [-0.1, -0.05) is 93.8 Å². The summed E-state index contributed by atoms with van der Waals surface area (Å²) in [4.78, 5) is 39.9. The highest BCUT2D eigenvalue weighted by atomic mass is 35.5. The number of cyclic esters (lactones) is 1. The number of hydrogen-bond acceptors (Lipinski definition) is 17. The van der Waals surface area contributed by atoms with Crippen molar-refractivity contribution >= 4 is 41.1 Å². The van der Waals surface area contributed by atoms with E-state index >= 15 is 0 Å². The average molecular weight is 1040 g/mol. The molecule has 71 heavy (non-hydrogen) atoms. The van der Waals surface area contributed by atoms with Gasteiger partial charge in [0.15, 0.2) is 30.0 Å². The molecule has 396 valence electrons. The van der Waals surface area contributed by atoms with Crippen molar-refractivity contribution in [1.29, 1.82) is 0 Å². The molecule has 4 rings (SSSR count). The first-order valence-corrected chi connectivity index (χ1v) is 24.6. The molecular weight excluding hydrogens is 967 g/mol. The first kappa shape index (κ1) is 59.3. The Balaban J connectivity index is 1.61. The Morgan fingerprint density at radius 3 is 2.17 bits per heavy atom. The van der Waals surface area contributed by atoms with Gasteiger partial charge in [-0.15, -0.1) is 0 Å². The van der Waals surface area contributed by atoms with Crippen LogP contribution in [0.1, 0.15) is 118 Å². The van der Waals surface area contributed by atoms with Crippen LogP contribution in [0.15, 0.2) is 70.1 Å². The average Bonchev–Trinajstić information content (AvgIpc) is 3.32. The van der Waals surface area contributed by atoms with Crippen molar-refractivity contribution in [2.45, 2.75) is 181 Å². The molecule has 0 aliphatic carbocycles. The predicted molar refractivity (Wildman–Crippen MR) is 263 cm³/mol. The number of phenols is 2. The second-order valence-electron chi connectivity index (χ2n) is 18.7. The topological polar surface area (TPSA) is 246 Å². The molecule has 1 aromatic carbocycles. The van der Waals surface area contributed by atoms with Gasteiger partial charge < -0.3 is 68.5 Å². The summed E-state index contributed by atoms with van der Waals surface area (Å²) in [5.41, 5.74) is 1.11. The monoisotopic (exact) mass is 1040 g/mol. The van der Waals surface area contributed by atoms with Crippen LogP contribution in [0.4, 0.5) is 0 Å². The Bertz CT molecular complexity index is 2260. The van der Waals surface area contributed by atoms with E-state index in [-0.39, 0.29) is 41.2 Å². The molecule has 1 aromatic rings. The van der Waals surface area contributed by atoms with Crippen molar-refractivity contribution in [2.24, 2.45) is 5.92 Å². The van der Waals surface area contributed by atoms with Gasteiger partial charge in [0.25, 0.3) is 0 Å². The van der Waals surface area contributed by atoms with Crippen molar-refractivity contribution < 1.29 is 82.9 Å². The number of aliphatic hydroxyl groups excluding tert-OH is 4. The minimum absolute atomic E-state index is 0.0691. The van der Waals surface area contributed by atoms with Gasteiger partial charge in [0.05, 0.1) is 35.3 Å². The largest absolute Gasteiger partial charge is 0.505 e. The van der Waals surface area contributed by atoms with Crippen molar-refractivity contribution in [3.8, 4) is 11.5 Å². The fourth-order valence-corrected chi connectivity index (χ4v) is 8.77. The van der Waals surface area contributed by atoms with Crippen molar-refractivity contribution in [3.63, 3.8) is 0 Å². The number of ether oxygens (including phenoxy) is 8. The Morgan fingerprint density at radius 1 is 0.887 bits per heavy atom. The van der Waals surface area contributed by atoms with Gasteiger partial charge in [0.1, 0.15) is 52.5 Å². The first-order chi connectivity index (χ1) is 33.3. The number of aromatic hydroxyl groups is 2. The van der Waals surface area contributed by atoms with Crippen LogP contribution in [0.3, 0.4) is 0 Å². The lowest BCUT2D eigenvalue weighted by molar-refractivity contribution is -0.316. The molecule has 3 aliphatic heterocycles. The summed E-state index contributed by atoms with van der Waals surface area (Å²) in [5.74, 6) is -3.84. The van der Waals surface area contributed by atoms with E-state index in [2.05, 4.69) is 0 Å². The molecule has 0 radical (unpaired) electrons. The molecule has 19 heteroatoms. The van der Waals surface area contributed by atoms with Crippen LogP contribution in [0.25, 0.3) is 0 Å². The molecule has 3 heterocycles. The van der Waals surface area contributed by atoms with Crippen LogP contribution < -0.4 is 0 Å². The van der Waals surface area contributed by atoms with Gasteiger partial charge in [-0.25, -0.2) is 9.59 Å². The molecule has 0 saturated carbocycles. The van der Waals surface area contributed by atoms with Crippen LogP contribution in [0, 0.1) is 5.92 Å². The predicted octanol–water partition coefficient (Wildman–Crippen LogP) is 7.53. The fraction of sp³-hybridized carbons (Fsp3) is 0.596. The van der Waals surface area contributed by atoms with Crippen molar-refractivity contribution in [1.82, 2.24) is 0 Å². The Hall–Kier alpha value is -4.27. The normalized spacial score (nSPS) is 33.6. The van der Waals surface area contributed by atoms with Gasteiger partial charge >= 0.3 is 17.9 Å². The maximum atomic E-state index is 13.9. The van der Waals surface area contributed by atoms with E-state index in [0.29, 0.717) is 41.7 Å². The third-order valence-corrected chi connectivity index (χ3v) is 13.3. The number of halogens is 2. The molecule has 0 amide bonds. The minimum Gasteiger partial charge on any atom is -0.505 e. The van der Waals surface area contributed by atoms with E-state index in [9.17, 15) is 45.0 Å². The molecule has 0 bridgehead atoms. The molecule has 2 fully saturated rings. The maximum Gasteiger partial charge on any atom is 0.342 e. The van der Waals surface area contributed by atoms with Gasteiger partial charge in [0, 0.05) is 13.5 Å². The number of rotatable bonds is 13. The fourth-order valence-electron chi connectivity index (χ4n) is 8.21. The molecule has 0 aromatic heterocycles. The summed E-state index contributed by atoms with van der Waals surface area (Å²) in [7, 11) is 1.29. The summed E-state index contributed by atoms with van der Waals surface area (Å²) in [5, 5.41) is 65.6. The third-order valence-electron chi connectivity index (χ3n) is 12.5. The van der Waals surface area contributed by atoms with E-state index in [1.807, 2.05) is 39.8 Å². The highest BCUT2D eigenvalue weighted by molar-refractivity contribution is 6.39. The van der Waals surface area contributed by atoms with Crippen LogP contribution in [0.5, 0.6) is 11.5 Å². The number of phenolic OH excluding ortho intramolecular Hbond substituents is 2. The molecule has 11 atom stereocenters. The maximum absolute atomic E-state index is 13.9. The smallest absolute Gasteiger partial charge is 0.342 e. The lowest BCUT2D eigenvalue weighted by Gasteiger charge is -2.46. The van der Waals surface area contributed by atoms with E-state index in [0.717, 1.165) is 5.57 Å². The zero-order chi connectivity index (χ0) is 53.2. The Labute approximate surface area is 426 Å². The Morgan fingerprint density at radius 2 is 1.56 bits per heavy atom. The lowest BCUT2D eigenvalue weighted by Crippen LogP contribution is -2.63. The zero-order valence-electron chi connectivity index (χ0n) is 42.6. The Kier molecular flexibility index (Phi) is 21.8. The van der Waals surface area contributed by atoms with E-state index in [4.69, 9.17) is 61.1 Å². The van der Waals surface area contributed by atoms with Gasteiger partial charge in [-0.05, 0) is 95.6 Å². The van der Waals surface area contributed by atoms with E-state index < -0.39 is 113 Å². The van der Waals surface area contributed by atoms with Gasteiger partial charge in [0.2, 0.25) is 6.29 Å². The minimum atomic E-state index is -1.61. The number of methoxy groups -OCH3 is 1. The zero-order valence-corrected chi connectivity index (χ0v) is 44.1.